The first kappa shape index (κ1) is 12.9. The number of hydrogen-bond acceptors (Lipinski definition) is 2. The Morgan fingerprint density at radius 2 is 2.15 bits per heavy atom. The van der Waals surface area contributed by atoms with E-state index in [1.54, 1.807) is 0 Å². The van der Waals surface area contributed by atoms with E-state index < -0.39 is 0 Å². The highest BCUT2D eigenvalue weighted by molar-refractivity contribution is 9.09. The summed E-state index contributed by atoms with van der Waals surface area (Å²) >= 11 is 3.06. The number of alkyl halides is 1. The van der Waals surface area contributed by atoms with Gasteiger partial charge in [0, 0.05) is 0 Å². The van der Waals surface area contributed by atoms with Gasteiger partial charge in [-0.05, 0) is 12.3 Å². The van der Waals surface area contributed by atoms with Gasteiger partial charge in [0.1, 0.15) is 5.33 Å². The molecule has 78 valence electrons. The van der Waals surface area contributed by atoms with Gasteiger partial charge in [-0.1, -0.05) is 49.0 Å². The number of ether oxygens (including phenoxy) is 1. The number of carbonyl (C=O) groups is 1. The maximum absolute atomic E-state index is 10.8. The number of hydrogen-bond donors (Lipinski definition) is 0. The van der Waals surface area contributed by atoms with Gasteiger partial charge < -0.3 is 4.74 Å². The molecule has 0 aliphatic heterocycles. The lowest BCUT2D eigenvalue weighted by Crippen LogP contribution is -2.14. The van der Waals surface area contributed by atoms with Gasteiger partial charge in [-0.15, -0.1) is 0 Å². The van der Waals surface area contributed by atoms with Gasteiger partial charge in [0.25, 0.3) is 0 Å². The normalized spacial score (nSPS) is 12.5. The fourth-order valence-electron chi connectivity index (χ4n) is 1.15. The summed E-state index contributed by atoms with van der Waals surface area (Å²) in [6.45, 7) is 4.90. The molecule has 3 heteroatoms. The Morgan fingerprint density at radius 1 is 1.46 bits per heavy atom. The average Bonchev–Trinajstić information content (AvgIpc) is 2.17. The highest BCUT2D eigenvalue weighted by atomic mass is 79.9. The van der Waals surface area contributed by atoms with Crippen molar-refractivity contribution in [1.29, 1.82) is 0 Å². The van der Waals surface area contributed by atoms with E-state index in [1.807, 2.05) is 0 Å². The zero-order valence-electron chi connectivity index (χ0n) is 8.51. The quantitative estimate of drug-likeness (QED) is 0.513. The van der Waals surface area contributed by atoms with E-state index >= 15 is 0 Å². The summed E-state index contributed by atoms with van der Waals surface area (Å²) in [5, 5.41) is 0.303. The van der Waals surface area contributed by atoms with Crippen molar-refractivity contribution in [3.05, 3.63) is 0 Å². The predicted octanol–water partition coefficient (Wildman–Crippen LogP) is 3.14. The molecule has 0 saturated heterocycles. The van der Waals surface area contributed by atoms with Gasteiger partial charge in [0.15, 0.2) is 0 Å². The summed E-state index contributed by atoms with van der Waals surface area (Å²) in [6.07, 6.45) is 4.70. The van der Waals surface area contributed by atoms with E-state index in [2.05, 4.69) is 29.8 Å². The summed E-state index contributed by atoms with van der Waals surface area (Å²) in [5.74, 6) is 0.387. The molecule has 0 rings (SSSR count). The van der Waals surface area contributed by atoms with Crippen LogP contribution in [-0.4, -0.2) is 17.9 Å². The van der Waals surface area contributed by atoms with Crippen LogP contribution in [0.15, 0.2) is 0 Å². The highest BCUT2D eigenvalue weighted by Gasteiger charge is 2.08. The third kappa shape index (κ3) is 7.05. The lowest BCUT2D eigenvalue weighted by Gasteiger charge is -2.13. The second kappa shape index (κ2) is 8.54. The van der Waals surface area contributed by atoms with Crippen LogP contribution < -0.4 is 0 Å². The Labute approximate surface area is 89.2 Å². The highest BCUT2D eigenvalue weighted by Crippen LogP contribution is 2.12. The van der Waals surface area contributed by atoms with E-state index in [4.69, 9.17) is 4.74 Å². The topological polar surface area (TPSA) is 26.3 Å². The molecule has 0 aliphatic rings. The Morgan fingerprint density at radius 3 is 2.62 bits per heavy atom. The summed E-state index contributed by atoms with van der Waals surface area (Å²) in [6, 6.07) is 0. The zero-order valence-corrected chi connectivity index (χ0v) is 10.1. The Kier molecular flexibility index (Phi) is 8.51. The lowest BCUT2D eigenvalue weighted by molar-refractivity contribution is -0.141. The first-order valence-corrected chi connectivity index (χ1v) is 6.08. The number of unbranched alkanes of at least 4 members (excludes halogenated alkanes) is 1. The van der Waals surface area contributed by atoms with Crippen molar-refractivity contribution < 1.29 is 9.53 Å². The first-order chi connectivity index (χ1) is 6.24. The maximum Gasteiger partial charge on any atom is 0.316 e. The van der Waals surface area contributed by atoms with Crippen LogP contribution in [0.2, 0.25) is 0 Å². The predicted molar refractivity (Wildman–Crippen MR) is 58.1 cm³/mol. The molecule has 0 bridgehead atoms. The average molecular weight is 251 g/mol. The van der Waals surface area contributed by atoms with Crippen LogP contribution in [0.4, 0.5) is 0 Å². The molecular formula is C10H19BrO2. The molecule has 1 atom stereocenters. The molecule has 0 aromatic carbocycles. The molecule has 0 saturated carbocycles. The Hall–Kier alpha value is -0.0500. The molecule has 0 spiro atoms. The fourth-order valence-corrected chi connectivity index (χ4v) is 1.31. The largest absolute Gasteiger partial charge is 0.465 e. The van der Waals surface area contributed by atoms with Crippen molar-refractivity contribution >= 4 is 21.9 Å². The zero-order chi connectivity index (χ0) is 10.1. The van der Waals surface area contributed by atoms with E-state index in [0.717, 1.165) is 6.42 Å². The number of esters is 1. The van der Waals surface area contributed by atoms with Crippen LogP contribution in [-0.2, 0) is 9.53 Å². The first-order valence-electron chi connectivity index (χ1n) is 4.96. The standard InChI is InChI=1S/C10H19BrO2/c1-3-5-6-9(4-2)8-13-10(12)7-11/h9H,3-8H2,1-2H3/t9-/m0/s1. The third-order valence-corrected chi connectivity index (χ3v) is 2.59. The molecule has 0 fully saturated rings. The van der Waals surface area contributed by atoms with E-state index in [1.165, 1.54) is 19.3 Å². The molecule has 0 aromatic heterocycles. The summed E-state index contributed by atoms with van der Waals surface area (Å²) in [4.78, 5) is 10.8. The van der Waals surface area contributed by atoms with Gasteiger partial charge in [-0.25, -0.2) is 0 Å². The fraction of sp³-hybridized carbons (Fsp3) is 0.900. The second-order valence-electron chi connectivity index (χ2n) is 3.23. The molecule has 13 heavy (non-hydrogen) atoms. The smallest absolute Gasteiger partial charge is 0.316 e. The number of rotatable bonds is 7. The molecule has 0 unspecified atom stereocenters. The summed E-state index contributed by atoms with van der Waals surface area (Å²) < 4.78 is 5.06. The maximum atomic E-state index is 10.8. The van der Waals surface area contributed by atoms with Gasteiger partial charge in [0.2, 0.25) is 0 Å². The lowest BCUT2D eigenvalue weighted by atomic mass is 10.0. The molecule has 0 aromatic rings. The van der Waals surface area contributed by atoms with Crippen molar-refractivity contribution in [2.24, 2.45) is 5.92 Å². The van der Waals surface area contributed by atoms with Crippen molar-refractivity contribution in [2.75, 3.05) is 11.9 Å². The van der Waals surface area contributed by atoms with Crippen LogP contribution in [0, 0.1) is 5.92 Å². The number of carbonyl (C=O) groups excluding carboxylic acids is 1. The molecule has 2 nitrogen and oxygen atoms in total. The SMILES string of the molecule is CCCC[C@H](CC)COC(=O)CBr. The van der Waals surface area contributed by atoms with Crippen LogP contribution in [0.5, 0.6) is 0 Å². The van der Waals surface area contributed by atoms with Gasteiger partial charge >= 0.3 is 5.97 Å². The summed E-state index contributed by atoms with van der Waals surface area (Å²) in [5.41, 5.74) is 0. The molecule has 0 amide bonds. The van der Waals surface area contributed by atoms with E-state index in [9.17, 15) is 4.79 Å². The van der Waals surface area contributed by atoms with Gasteiger partial charge in [-0.2, -0.15) is 0 Å². The number of halogens is 1. The van der Waals surface area contributed by atoms with Gasteiger partial charge in [0.05, 0.1) is 6.61 Å². The Bertz CT molecular complexity index is 137. The molecule has 0 radical (unpaired) electrons. The minimum Gasteiger partial charge on any atom is -0.465 e. The minimum absolute atomic E-state index is 0.157. The van der Waals surface area contributed by atoms with Crippen molar-refractivity contribution in [2.45, 2.75) is 39.5 Å². The van der Waals surface area contributed by atoms with E-state index in [0.29, 0.717) is 17.9 Å². The minimum atomic E-state index is -0.157. The van der Waals surface area contributed by atoms with Crippen molar-refractivity contribution in [3.8, 4) is 0 Å². The third-order valence-electron chi connectivity index (χ3n) is 2.13. The monoisotopic (exact) mass is 250 g/mol. The van der Waals surface area contributed by atoms with Crippen molar-refractivity contribution in [3.63, 3.8) is 0 Å². The molecule has 0 heterocycles. The van der Waals surface area contributed by atoms with Crippen LogP contribution in [0.25, 0.3) is 0 Å². The van der Waals surface area contributed by atoms with Crippen LogP contribution >= 0.6 is 15.9 Å². The van der Waals surface area contributed by atoms with Crippen molar-refractivity contribution in [1.82, 2.24) is 0 Å². The van der Waals surface area contributed by atoms with Crippen LogP contribution in [0.3, 0.4) is 0 Å². The van der Waals surface area contributed by atoms with Gasteiger partial charge in [-0.3, -0.25) is 4.79 Å². The van der Waals surface area contributed by atoms with E-state index in [-0.39, 0.29) is 5.97 Å². The summed E-state index contributed by atoms with van der Waals surface area (Å²) in [7, 11) is 0. The molecule has 0 aliphatic carbocycles. The van der Waals surface area contributed by atoms with Crippen LogP contribution in [0.1, 0.15) is 39.5 Å². The molecular weight excluding hydrogens is 232 g/mol. The Balaban J connectivity index is 3.52. The molecule has 0 N–H and O–H groups in total. The second-order valence-corrected chi connectivity index (χ2v) is 3.79.